The van der Waals surface area contributed by atoms with Gasteiger partial charge in [0.2, 0.25) is 0 Å². The summed E-state index contributed by atoms with van der Waals surface area (Å²) in [5, 5.41) is 9.19. The minimum Gasteiger partial charge on any atom is -0.490 e. The molecule has 0 spiro atoms. The lowest BCUT2D eigenvalue weighted by Crippen LogP contribution is -2.07. The number of aromatic nitrogens is 3. The van der Waals surface area contributed by atoms with Crippen LogP contribution >= 0.6 is 0 Å². The number of fused-ring (bicyclic) bond motifs is 1. The Bertz CT molecular complexity index is 1190. The predicted molar refractivity (Wildman–Crippen MR) is 113 cm³/mol. The number of nitrogens with one attached hydrogen (secondary N) is 1. The number of carbonyl (C=O) groups is 1. The molecular formula is C23H21N3O4. The molecule has 0 amide bonds. The van der Waals surface area contributed by atoms with Gasteiger partial charge in [-0.15, -0.1) is 0 Å². The van der Waals surface area contributed by atoms with Gasteiger partial charge in [0, 0.05) is 6.20 Å². The van der Waals surface area contributed by atoms with Crippen molar-refractivity contribution in [1.82, 2.24) is 15.0 Å². The van der Waals surface area contributed by atoms with Gasteiger partial charge >= 0.3 is 5.97 Å². The van der Waals surface area contributed by atoms with Crippen LogP contribution in [0.2, 0.25) is 0 Å². The highest BCUT2D eigenvalue weighted by Gasteiger charge is 2.16. The first-order valence-corrected chi connectivity index (χ1v) is 9.56. The molecule has 2 N–H and O–H groups in total. The Hall–Kier alpha value is -3.87. The molecule has 7 nitrogen and oxygen atoms in total. The number of hydrogen-bond acceptors (Lipinski definition) is 5. The van der Waals surface area contributed by atoms with E-state index in [1.54, 1.807) is 0 Å². The van der Waals surface area contributed by atoms with Gasteiger partial charge in [0.25, 0.3) is 0 Å². The molecule has 0 saturated heterocycles. The van der Waals surface area contributed by atoms with Gasteiger partial charge in [-0.2, -0.15) is 0 Å². The summed E-state index contributed by atoms with van der Waals surface area (Å²) in [6.45, 7) is 4.33. The highest BCUT2D eigenvalue weighted by atomic mass is 16.5. The van der Waals surface area contributed by atoms with E-state index in [9.17, 15) is 9.90 Å². The summed E-state index contributed by atoms with van der Waals surface area (Å²) in [6.07, 6.45) is 1.28. The molecule has 0 saturated carbocycles. The highest BCUT2D eigenvalue weighted by Crippen LogP contribution is 2.34. The van der Waals surface area contributed by atoms with Gasteiger partial charge in [0.1, 0.15) is 29.4 Å². The average molecular weight is 403 g/mol. The molecule has 0 fully saturated rings. The normalized spacial score (nSPS) is 11.0. The zero-order chi connectivity index (χ0) is 21.1. The number of aromatic carboxylic acids is 1. The molecule has 2 aromatic heterocycles. The summed E-state index contributed by atoms with van der Waals surface area (Å²) < 4.78 is 11.9. The predicted octanol–water partition coefficient (Wildman–Crippen LogP) is 4.69. The van der Waals surface area contributed by atoms with Crippen LogP contribution in [0.25, 0.3) is 22.6 Å². The zero-order valence-electron chi connectivity index (χ0n) is 16.6. The number of pyridine rings is 1. The molecule has 0 bridgehead atoms. The van der Waals surface area contributed by atoms with Gasteiger partial charge in [-0.3, -0.25) is 0 Å². The number of benzene rings is 2. The van der Waals surface area contributed by atoms with E-state index in [0.717, 1.165) is 5.56 Å². The SMILES string of the molecule is CC(C)Oc1ccc(OCc2ccccc2)cc1-c1nc2cc(C(=O)O)cnc2[nH]1. The summed E-state index contributed by atoms with van der Waals surface area (Å²) in [5.41, 5.74) is 2.83. The molecule has 7 heteroatoms. The first-order valence-electron chi connectivity index (χ1n) is 9.56. The van der Waals surface area contributed by atoms with Crippen LogP contribution < -0.4 is 9.47 Å². The number of nitrogens with zero attached hydrogens (tertiary/aromatic N) is 2. The maximum atomic E-state index is 11.2. The number of carboxylic acid groups (broad SMARTS) is 1. The number of rotatable bonds is 7. The van der Waals surface area contributed by atoms with Crippen LogP contribution in [0.1, 0.15) is 29.8 Å². The topological polar surface area (TPSA) is 97.3 Å². The van der Waals surface area contributed by atoms with E-state index in [2.05, 4.69) is 15.0 Å². The Balaban J connectivity index is 1.70. The molecule has 0 aliphatic carbocycles. The van der Waals surface area contributed by atoms with E-state index >= 15 is 0 Å². The lowest BCUT2D eigenvalue weighted by Gasteiger charge is -2.15. The number of hydrogen-bond donors (Lipinski definition) is 2. The van der Waals surface area contributed by atoms with Gasteiger partial charge in [-0.1, -0.05) is 30.3 Å². The van der Waals surface area contributed by atoms with Crippen molar-refractivity contribution in [2.24, 2.45) is 0 Å². The van der Waals surface area contributed by atoms with Crippen LogP contribution in [0.3, 0.4) is 0 Å². The fraction of sp³-hybridized carbons (Fsp3) is 0.174. The van der Waals surface area contributed by atoms with E-state index in [4.69, 9.17) is 9.47 Å². The molecule has 0 unspecified atom stereocenters. The zero-order valence-corrected chi connectivity index (χ0v) is 16.6. The van der Waals surface area contributed by atoms with Crippen molar-refractivity contribution in [1.29, 1.82) is 0 Å². The number of carboxylic acids is 1. The first kappa shape index (κ1) is 19.4. The Morgan fingerprint density at radius 1 is 1.13 bits per heavy atom. The Morgan fingerprint density at radius 2 is 1.93 bits per heavy atom. The van der Waals surface area contributed by atoms with E-state index in [0.29, 0.717) is 40.7 Å². The quantitative estimate of drug-likeness (QED) is 0.465. The summed E-state index contributed by atoms with van der Waals surface area (Å²) in [5.74, 6) is 0.800. The number of H-pyrrole nitrogens is 1. The summed E-state index contributed by atoms with van der Waals surface area (Å²) in [4.78, 5) is 23.1. The van der Waals surface area contributed by atoms with Gasteiger partial charge in [0.05, 0.1) is 17.2 Å². The second-order valence-corrected chi connectivity index (χ2v) is 7.08. The van der Waals surface area contributed by atoms with Gasteiger partial charge in [0.15, 0.2) is 5.65 Å². The fourth-order valence-corrected chi connectivity index (χ4v) is 3.02. The van der Waals surface area contributed by atoms with Crippen LogP contribution in [0.5, 0.6) is 11.5 Å². The minimum absolute atomic E-state index is 0.0269. The largest absolute Gasteiger partial charge is 0.490 e. The van der Waals surface area contributed by atoms with Crippen LogP contribution in [-0.4, -0.2) is 32.1 Å². The molecule has 30 heavy (non-hydrogen) atoms. The van der Waals surface area contributed by atoms with Crippen LogP contribution in [0, 0.1) is 0 Å². The summed E-state index contributed by atoms with van der Waals surface area (Å²) in [6, 6.07) is 17.0. The van der Waals surface area contributed by atoms with Crippen molar-refractivity contribution in [2.45, 2.75) is 26.6 Å². The van der Waals surface area contributed by atoms with Crippen LogP contribution in [0.15, 0.2) is 60.8 Å². The molecule has 4 aromatic rings. The van der Waals surface area contributed by atoms with Crippen LogP contribution in [0.4, 0.5) is 0 Å². The van der Waals surface area contributed by atoms with Crippen molar-refractivity contribution in [3.8, 4) is 22.9 Å². The monoisotopic (exact) mass is 403 g/mol. The number of ether oxygens (including phenoxy) is 2. The molecule has 4 rings (SSSR count). The standard InChI is InChI=1S/C23H21N3O4/c1-14(2)30-20-9-8-17(29-13-15-6-4-3-5-7-15)11-18(20)21-25-19-10-16(23(27)28)12-24-22(19)26-21/h3-12,14H,13H2,1-2H3,(H,27,28)(H,24,25,26). The van der Waals surface area contributed by atoms with Gasteiger partial charge < -0.3 is 19.6 Å². The van der Waals surface area contributed by atoms with Crippen molar-refractivity contribution in [2.75, 3.05) is 0 Å². The van der Waals surface area contributed by atoms with E-state index in [-0.39, 0.29) is 11.7 Å². The second kappa shape index (κ2) is 8.24. The molecular weight excluding hydrogens is 382 g/mol. The fourth-order valence-electron chi connectivity index (χ4n) is 3.02. The maximum absolute atomic E-state index is 11.2. The molecule has 152 valence electrons. The summed E-state index contributed by atoms with van der Waals surface area (Å²) >= 11 is 0. The van der Waals surface area contributed by atoms with Crippen LogP contribution in [-0.2, 0) is 6.61 Å². The maximum Gasteiger partial charge on any atom is 0.337 e. The number of imidazole rings is 1. The van der Waals surface area contributed by atoms with Crippen molar-refractivity contribution >= 4 is 17.1 Å². The Kier molecular flexibility index (Phi) is 5.34. The lowest BCUT2D eigenvalue weighted by atomic mass is 10.1. The average Bonchev–Trinajstić information content (AvgIpc) is 3.16. The third-order valence-electron chi connectivity index (χ3n) is 4.40. The van der Waals surface area contributed by atoms with Crippen molar-refractivity contribution in [3.63, 3.8) is 0 Å². The van der Waals surface area contributed by atoms with E-state index in [1.807, 2.05) is 62.4 Å². The van der Waals surface area contributed by atoms with Crippen molar-refractivity contribution in [3.05, 3.63) is 71.9 Å². The molecule has 0 atom stereocenters. The Labute approximate surface area is 173 Å². The van der Waals surface area contributed by atoms with Gasteiger partial charge in [-0.05, 0) is 43.7 Å². The third kappa shape index (κ3) is 4.25. The van der Waals surface area contributed by atoms with E-state index < -0.39 is 5.97 Å². The van der Waals surface area contributed by atoms with Gasteiger partial charge in [-0.25, -0.2) is 14.8 Å². The Morgan fingerprint density at radius 3 is 2.67 bits per heavy atom. The van der Waals surface area contributed by atoms with Crippen molar-refractivity contribution < 1.29 is 19.4 Å². The smallest absolute Gasteiger partial charge is 0.337 e. The van der Waals surface area contributed by atoms with E-state index in [1.165, 1.54) is 12.3 Å². The first-order chi connectivity index (χ1) is 14.5. The molecule has 0 aliphatic heterocycles. The lowest BCUT2D eigenvalue weighted by molar-refractivity contribution is 0.0696. The second-order valence-electron chi connectivity index (χ2n) is 7.08. The summed E-state index contributed by atoms with van der Waals surface area (Å²) in [7, 11) is 0. The molecule has 2 heterocycles. The molecule has 2 aromatic carbocycles. The third-order valence-corrected chi connectivity index (χ3v) is 4.40. The number of aromatic amines is 1. The highest BCUT2D eigenvalue weighted by molar-refractivity contribution is 5.91. The molecule has 0 aliphatic rings. The molecule has 0 radical (unpaired) electrons. The minimum atomic E-state index is -1.05.